The van der Waals surface area contributed by atoms with Crippen LogP contribution in [0.5, 0.6) is 5.75 Å². The second-order valence-electron chi connectivity index (χ2n) is 8.03. The molecule has 2 fully saturated rings. The molecular weight excluding hydrogens is 399 g/mol. The number of likely N-dealkylation sites (N-methyl/N-ethyl adjacent to an activating group) is 1. The standard InChI is InChI=1S/C22H29FN6O2/c1-17-24-20(27-9-7-26(2)8-10-27)15-21(25-17)28-11-13-29(14-12-28)22(30)16-31-19-5-3-18(23)4-6-19/h3-6,15H,7-14,16H2,1-2H3. The highest BCUT2D eigenvalue weighted by Gasteiger charge is 2.24. The van der Waals surface area contributed by atoms with E-state index in [4.69, 9.17) is 4.74 Å². The van der Waals surface area contributed by atoms with Gasteiger partial charge in [0.05, 0.1) is 0 Å². The van der Waals surface area contributed by atoms with Gasteiger partial charge in [-0.1, -0.05) is 0 Å². The average molecular weight is 429 g/mol. The maximum Gasteiger partial charge on any atom is 0.260 e. The summed E-state index contributed by atoms with van der Waals surface area (Å²) in [5, 5.41) is 0. The number of ether oxygens (including phenoxy) is 1. The minimum absolute atomic E-state index is 0.0498. The van der Waals surface area contributed by atoms with E-state index in [1.165, 1.54) is 24.3 Å². The Balaban J connectivity index is 1.32. The Morgan fingerprint density at radius 2 is 1.48 bits per heavy atom. The number of aryl methyl sites for hydroxylation is 1. The highest BCUT2D eigenvalue weighted by Crippen LogP contribution is 2.21. The minimum atomic E-state index is -0.328. The summed E-state index contributed by atoms with van der Waals surface area (Å²) in [6, 6.07) is 7.75. The number of amides is 1. The van der Waals surface area contributed by atoms with Crippen molar-refractivity contribution in [1.29, 1.82) is 0 Å². The van der Waals surface area contributed by atoms with Crippen molar-refractivity contribution in [3.63, 3.8) is 0 Å². The lowest BCUT2D eigenvalue weighted by molar-refractivity contribution is -0.133. The number of rotatable bonds is 5. The molecule has 166 valence electrons. The van der Waals surface area contributed by atoms with Gasteiger partial charge in [-0.15, -0.1) is 0 Å². The van der Waals surface area contributed by atoms with Gasteiger partial charge >= 0.3 is 0 Å². The van der Waals surface area contributed by atoms with Crippen molar-refractivity contribution in [2.45, 2.75) is 6.92 Å². The first kappa shape index (κ1) is 21.3. The summed E-state index contributed by atoms with van der Waals surface area (Å²) in [7, 11) is 2.14. The van der Waals surface area contributed by atoms with Crippen molar-refractivity contribution >= 4 is 17.5 Å². The molecule has 9 heteroatoms. The molecule has 3 heterocycles. The molecule has 0 saturated carbocycles. The lowest BCUT2D eigenvalue weighted by atomic mass is 10.3. The van der Waals surface area contributed by atoms with Gasteiger partial charge in [-0.3, -0.25) is 4.79 Å². The van der Waals surface area contributed by atoms with Crippen LogP contribution in [0.3, 0.4) is 0 Å². The first-order chi connectivity index (χ1) is 15.0. The second-order valence-corrected chi connectivity index (χ2v) is 8.03. The van der Waals surface area contributed by atoms with E-state index in [-0.39, 0.29) is 18.3 Å². The third-order valence-corrected chi connectivity index (χ3v) is 5.77. The zero-order valence-electron chi connectivity index (χ0n) is 18.1. The average Bonchev–Trinajstić information content (AvgIpc) is 2.78. The summed E-state index contributed by atoms with van der Waals surface area (Å²) < 4.78 is 18.5. The van der Waals surface area contributed by atoms with Crippen LogP contribution in [0.25, 0.3) is 0 Å². The minimum Gasteiger partial charge on any atom is -0.484 e. The molecule has 2 aliphatic rings. The zero-order valence-corrected chi connectivity index (χ0v) is 18.1. The molecule has 1 aromatic carbocycles. The van der Waals surface area contributed by atoms with Crippen LogP contribution in [0.1, 0.15) is 5.82 Å². The molecule has 31 heavy (non-hydrogen) atoms. The van der Waals surface area contributed by atoms with Gasteiger partial charge in [-0.25, -0.2) is 14.4 Å². The lowest BCUT2D eigenvalue weighted by Gasteiger charge is -2.36. The number of aromatic nitrogens is 2. The van der Waals surface area contributed by atoms with Gasteiger partial charge < -0.3 is 24.3 Å². The molecule has 0 N–H and O–H groups in total. The fraction of sp³-hybridized carbons (Fsp3) is 0.500. The molecule has 0 bridgehead atoms. The molecule has 0 spiro atoms. The van der Waals surface area contributed by atoms with Crippen LogP contribution >= 0.6 is 0 Å². The van der Waals surface area contributed by atoms with Crippen molar-refractivity contribution in [3.8, 4) is 5.75 Å². The van der Waals surface area contributed by atoms with Crippen LogP contribution in [0, 0.1) is 12.7 Å². The zero-order chi connectivity index (χ0) is 21.8. The summed E-state index contributed by atoms with van der Waals surface area (Å²) in [6.45, 7) is 8.49. The van der Waals surface area contributed by atoms with E-state index < -0.39 is 0 Å². The Labute approximate surface area is 182 Å². The fourth-order valence-corrected chi connectivity index (χ4v) is 3.85. The van der Waals surface area contributed by atoms with E-state index in [1.54, 1.807) is 4.90 Å². The summed E-state index contributed by atoms with van der Waals surface area (Å²) in [5.74, 6) is 2.74. The van der Waals surface area contributed by atoms with Crippen LogP contribution in [-0.2, 0) is 4.79 Å². The van der Waals surface area contributed by atoms with Gasteiger partial charge in [0.2, 0.25) is 0 Å². The Hall–Kier alpha value is -2.94. The third-order valence-electron chi connectivity index (χ3n) is 5.77. The molecule has 0 atom stereocenters. The predicted octanol–water partition coefficient (Wildman–Crippen LogP) is 1.40. The highest BCUT2D eigenvalue weighted by molar-refractivity contribution is 5.78. The van der Waals surface area contributed by atoms with Gasteiger partial charge in [0.25, 0.3) is 5.91 Å². The first-order valence-electron chi connectivity index (χ1n) is 10.7. The van der Waals surface area contributed by atoms with Crippen molar-refractivity contribution in [2.75, 3.05) is 75.8 Å². The van der Waals surface area contributed by atoms with E-state index in [0.717, 1.165) is 43.6 Å². The van der Waals surface area contributed by atoms with Crippen LogP contribution in [0.4, 0.5) is 16.0 Å². The molecule has 2 aliphatic heterocycles. The number of nitrogens with zero attached hydrogens (tertiary/aromatic N) is 6. The number of carbonyl (C=O) groups excluding carboxylic acids is 1. The van der Waals surface area contributed by atoms with Crippen LogP contribution in [-0.4, -0.2) is 91.7 Å². The number of halogens is 1. The molecule has 8 nitrogen and oxygen atoms in total. The summed E-state index contributed by atoms with van der Waals surface area (Å²) >= 11 is 0. The number of carbonyl (C=O) groups is 1. The van der Waals surface area contributed by atoms with Gasteiger partial charge in [0.15, 0.2) is 6.61 Å². The van der Waals surface area contributed by atoms with Crippen molar-refractivity contribution in [2.24, 2.45) is 0 Å². The van der Waals surface area contributed by atoms with E-state index in [1.807, 2.05) is 6.92 Å². The van der Waals surface area contributed by atoms with Crippen LogP contribution in [0.15, 0.2) is 30.3 Å². The fourth-order valence-electron chi connectivity index (χ4n) is 3.85. The topological polar surface area (TPSA) is 65.0 Å². The normalized spacial score (nSPS) is 17.7. The quantitative estimate of drug-likeness (QED) is 0.713. The van der Waals surface area contributed by atoms with Crippen molar-refractivity contribution in [3.05, 3.63) is 42.0 Å². The van der Waals surface area contributed by atoms with Crippen molar-refractivity contribution in [1.82, 2.24) is 19.8 Å². The van der Waals surface area contributed by atoms with E-state index in [0.29, 0.717) is 31.9 Å². The Kier molecular flexibility index (Phi) is 6.50. The smallest absolute Gasteiger partial charge is 0.260 e. The Morgan fingerprint density at radius 1 is 0.935 bits per heavy atom. The van der Waals surface area contributed by atoms with Gasteiger partial charge in [0, 0.05) is 58.4 Å². The molecule has 2 saturated heterocycles. The second kappa shape index (κ2) is 9.47. The molecule has 4 rings (SSSR count). The van der Waals surface area contributed by atoms with Crippen LogP contribution in [0.2, 0.25) is 0 Å². The van der Waals surface area contributed by atoms with E-state index in [9.17, 15) is 9.18 Å². The van der Waals surface area contributed by atoms with Crippen molar-refractivity contribution < 1.29 is 13.9 Å². The third kappa shape index (κ3) is 5.41. The SMILES string of the molecule is Cc1nc(N2CCN(C)CC2)cc(N2CCN(C(=O)COc3ccc(F)cc3)CC2)n1. The monoisotopic (exact) mass is 428 g/mol. The predicted molar refractivity (Wildman–Crippen MR) is 117 cm³/mol. The number of hydrogen-bond donors (Lipinski definition) is 0. The maximum atomic E-state index is 13.0. The summed E-state index contributed by atoms with van der Waals surface area (Å²) in [5.41, 5.74) is 0. The lowest BCUT2D eigenvalue weighted by Crippen LogP contribution is -2.50. The van der Waals surface area contributed by atoms with E-state index >= 15 is 0 Å². The largest absolute Gasteiger partial charge is 0.484 e. The van der Waals surface area contributed by atoms with E-state index in [2.05, 4.69) is 37.8 Å². The highest BCUT2D eigenvalue weighted by atomic mass is 19.1. The number of benzene rings is 1. The summed E-state index contributed by atoms with van der Waals surface area (Å²) in [4.78, 5) is 30.4. The molecule has 2 aromatic rings. The van der Waals surface area contributed by atoms with Gasteiger partial charge in [0.1, 0.15) is 29.0 Å². The molecule has 0 unspecified atom stereocenters. The maximum absolute atomic E-state index is 13.0. The van der Waals surface area contributed by atoms with Gasteiger partial charge in [-0.2, -0.15) is 0 Å². The molecule has 1 amide bonds. The molecule has 1 aromatic heterocycles. The number of hydrogen-bond acceptors (Lipinski definition) is 7. The molecule has 0 aliphatic carbocycles. The number of anilines is 2. The summed E-state index contributed by atoms with van der Waals surface area (Å²) in [6.07, 6.45) is 0. The molecular formula is C22H29FN6O2. The number of piperazine rings is 2. The Morgan fingerprint density at radius 3 is 2.06 bits per heavy atom. The molecule has 0 radical (unpaired) electrons. The Bertz CT molecular complexity index is 893. The van der Waals surface area contributed by atoms with Gasteiger partial charge in [-0.05, 0) is 38.2 Å². The van der Waals surface area contributed by atoms with Crippen LogP contribution < -0.4 is 14.5 Å². The first-order valence-corrected chi connectivity index (χ1v) is 10.7.